The Balaban J connectivity index is 2.33. The molecule has 7 heteroatoms. The lowest BCUT2D eigenvalue weighted by Gasteiger charge is -2.16. The van der Waals surface area contributed by atoms with Crippen molar-refractivity contribution in [3.8, 4) is 0 Å². The van der Waals surface area contributed by atoms with Crippen LogP contribution in [0.15, 0.2) is 24.4 Å². The second-order valence-corrected chi connectivity index (χ2v) is 6.06. The molecule has 2 rings (SSSR count). The van der Waals surface area contributed by atoms with Crippen LogP contribution in [0.3, 0.4) is 0 Å². The summed E-state index contributed by atoms with van der Waals surface area (Å²) in [4.78, 5) is 23.6. The molecule has 0 bridgehead atoms. The first-order valence-corrected chi connectivity index (χ1v) is 7.74. The van der Waals surface area contributed by atoms with E-state index in [1.54, 1.807) is 12.1 Å². The molecule has 0 saturated carbocycles. The highest BCUT2D eigenvalue weighted by atomic mass is 16.5. The van der Waals surface area contributed by atoms with E-state index in [-0.39, 0.29) is 23.6 Å². The number of anilines is 2. The van der Waals surface area contributed by atoms with Gasteiger partial charge in [0, 0.05) is 5.69 Å². The van der Waals surface area contributed by atoms with Gasteiger partial charge in [0.05, 0.1) is 17.9 Å². The average Bonchev–Trinajstić information content (AvgIpc) is 2.94. The average molecular weight is 330 g/mol. The van der Waals surface area contributed by atoms with Crippen LogP contribution in [0.4, 0.5) is 11.5 Å². The van der Waals surface area contributed by atoms with E-state index < -0.39 is 5.91 Å². The minimum Gasteiger partial charge on any atom is -0.459 e. The van der Waals surface area contributed by atoms with Crippen molar-refractivity contribution in [2.45, 2.75) is 39.7 Å². The first-order chi connectivity index (χ1) is 11.3. The number of aromatic nitrogens is 2. The van der Waals surface area contributed by atoms with E-state index in [9.17, 15) is 9.59 Å². The summed E-state index contributed by atoms with van der Waals surface area (Å²) < 4.78 is 5.29. The molecule has 1 aromatic carbocycles. The quantitative estimate of drug-likeness (QED) is 0.705. The minimum atomic E-state index is -0.576. The van der Waals surface area contributed by atoms with Gasteiger partial charge in [-0.25, -0.2) is 4.79 Å². The summed E-state index contributed by atoms with van der Waals surface area (Å²) in [7, 11) is 0. The highest BCUT2D eigenvalue weighted by molar-refractivity contribution is 5.98. The number of primary amides is 1. The number of carbonyl (C=O) groups excluding carboxylic acids is 2. The fraction of sp³-hybridized carbons (Fsp3) is 0.353. The molecule has 0 fully saturated rings. The Kier molecular flexibility index (Phi) is 5.23. The van der Waals surface area contributed by atoms with Crippen LogP contribution in [-0.2, 0) is 4.74 Å². The monoisotopic (exact) mass is 330 g/mol. The van der Waals surface area contributed by atoms with E-state index in [0.29, 0.717) is 17.1 Å². The summed E-state index contributed by atoms with van der Waals surface area (Å²) in [6.07, 6.45) is 1.18. The van der Waals surface area contributed by atoms with Gasteiger partial charge < -0.3 is 15.8 Å². The van der Waals surface area contributed by atoms with Crippen LogP contribution >= 0.6 is 0 Å². The summed E-state index contributed by atoms with van der Waals surface area (Å²) in [5.41, 5.74) is 7.67. The number of hydrogen-bond acceptors (Lipinski definition) is 5. The highest BCUT2D eigenvalue weighted by Gasteiger charge is 2.18. The number of amides is 1. The third-order valence-electron chi connectivity index (χ3n) is 3.41. The van der Waals surface area contributed by atoms with E-state index >= 15 is 0 Å². The Morgan fingerprint density at radius 2 is 1.92 bits per heavy atom. The lowest BCUT2D eigenvalue weighted by atomic mass is 9.96. The van der Waals surface area contributed by atoms with E-state index in [2.05, 4.69) is 15.5 Å². The molecule has 0 radical (unpaired) electrons. The van der Waals surface area contributed by atoms with Crippen molar-refractivity contribution >= 4 is 23.4 Å². The zero-order chi connectivity index (χ0) is 17.9. The predicted octanol–water partition coefficient (Wildman–Crippen LogP) is 2.94. The molecule has 2 aromatic rings. The van der Waals surface area contributed by atoms with Gasteiger partial charge in [-0.05, 0) is 43.5 Å². The lowest BCUT2D eigenvalue weighted by molar-refractivity contribution is 0.0376. The molecule has 0 unspecified atom stereocenters. The van der Waals surface area contributed by atoms with Crippen LogP contribution < -0.4 is 11.1 Å². The number of carbonyl (C=O) groups is 2. The molecule has 0 spiro atoms. The van der Waals surface area contributed by atoms with Crippen LogP contribution in [0.5, 0.6) is 0 Å². The topological polar surface area (TPSA) is 110 Å². The van der Waals surface area contributed by atoms with Crippen LogP contribution in [0.2, 0.25) is 0 Å². The van der Waals surface area contributed by atoms with Crippen LogP contribution in [0, 0.1) is 0 Å². The third kappa shape index (κ3) is 3.92. The summed E-state index contributed by atoms with van der Waals surface area (Å²) in [6.45, 7) is 7.62. The first kappa shape index (κ1) is 17.5. The van der Waals surface area contributed by atoms with Crippen LogP contribution in [-0.4, -0.2) is 28.2 Å². The van der Waals surface area contributed by atoms with Crippen molar-refractivity contribution in [2.75, 3.05) is 5.32 Å². The van der Waals surface area contributed by atoms with Gasteiger partial charge in [-0.1, -0.05) is 13.8 Å². The molecule has 7 nitrogen and oxygen atoms in total. The van der Waals surface area contributed by atoms with E-state index in [0.717, 1.165) is 5.56 Å². The van der Waals surface area contributed by atoms with Gasteiger partial charge in [-0.15, -0.1) is 0 Å². The number of nitrogens with two attached hydrogens (primary N) is 1. The molecular formula is C17H22N4O3. The lowest BCUT2D eigenvalue weighted by Crippen LogP contribution is -2.14. The van der Waals surface area contributed by atoms with Gasteiger partial charge in [-0.2, -0.15) is 5.10 Å². The maximum atomic E-state index is 12.2. The van der Waals surface area contributed by atoms with Gasteiger partial charge in [0.15, 0.2) is 0 Å². The van der Waals surface area contributed by atoms with Crippen molar-refractivity contribution in [2.24, 2.45) is 5.73 Å². The van der Waals surface area contributed by atoms with Crippen molar-refractivity contribution < 1.29 is 14.3 Å². The van der Waals surface area contributed by atoms with E-state index in [1.807, 2.05) is 33.8 Å². The number of ether oxygens (including phenoxy) is 1. The molecule has 128 valence electrons. The molecule has 0 saturated heterocycles. The number of nitrogens with one attached hydrogen (secondary N) is 2. The molecule has 4 N–H and O–H groups in total. The largest absolute Gasteiger partial charge is 0.459 e. The standard InChI is InChI=1S/C17H22N4O3/c1-9(2)13-7-11(5-6-12(13)17(23)24-10(3)4)20-16-14(15(18)22)8-19-21-16/h5-10H,1-4H3,(H2,18,22)(H2,19,20,21). The number of aromatic amines is 1. The number of esters is 1. The minimum absolute atomic E-state index is 0.124. The Labute approximate surface area is 140 Å². The molecular weight excluding hydrogens is 308 g/mol. The molecule has 0 atom stereocenters. The fourth-order valence-electron chi connectivity index (χ4n) is 2.29. The van der Waals surface area contributed by atoms with E-state index in [4.69, 9.17) is 10.5 Å². The van der Waals surface area contributed by atoms with Crippen LogP contribution in [0.1, 0.15) is 59.9 Å². The highest BCUT2D eigenvalue weighted by Crippen LogP contribution is 2.27. The van der Waals surface area contributed by atoms with Crippen molar-refractivity contribution in [3.63, 3.8) is 0 Å². The molecule has 24 heavy (non-hydrogen) atoms. The maximum absolute atomic E-state index is 12.2. The number of rotatable bonds is 6. The zero-order valence-corrected chi connectivity index (χ0v) is 14.2. The van der Waals surface area contributed by atoms with Gasteiger partial charge in [0.25, 0.3) is 5.91 Å². The van der Waals surface area contributed by atoms with Crippen LogP contribution in [0.25, 0.3) is 0 Å². The summed E-state index contributed by atoms with van der Waals surface area (Å²) in [5.74, 6) is -0.388. The number of benzene rings is 1. The van der Waals surface area contributed by atoms with Gasteiger partial charge >= 0.3 is 5.97 Å². The molecule has 0 aliphatic heterocycles. The third-order valence-corrected chi connectivity index (χ3v) is 3.41. The van der Waals surface area contributed by atoms with Crippen molar-refractivity contribution in [3.05, 3.63) is 41.1 Å². The zero-order valence-electron chi connectivity index (χ0n) is 14.2. The molecule has 0 aliphatic carbocycles. The molecule has 1 heterocycles. The summed E-state index contributed by atoms with van der Waals surface area (Å²) in [6, 6.07) is 5.31. The normalized spacial score (nSPS) is 10.9. The SMILES string of the molecule is CC(C)OC(=O)c1ccc(Nc2[nH]ncc2C(N)=O)cc1C(C)C. The number of hydrogen-bond donors (Lipinski definition) is 3. The predicted molar refractivity (Wildman–Crippen MR) is 91.5 cm³/mol. The van der Waals surface area contributed by atoms with E-state index in [1.165, 1.54) is 6.20 Å². The Morgan fingerprint density at radius 1 is 1.21 bits per heavy atom. The smallest absolute Gasteiger partial charge is 0.338 e. The molecule has 0 aliphatic rings. The maximum Gasteiger partial charge on any atom is 0.338 e. The fourth-order valence-corrected chi connectivity index (χ4v) is 2.29. The molecule has 1 amide bonds. The Morgan fingerprint density at radius 3 is 2.50 bits per heavy atom. The first-order valence-electron chi connectivity index (χ1n) is 7.74. The summed E-state index contributed by atoms with van der Waals surface area (Å²) in [5, 5.41) is 9.57. The number of H-pyrrole nitrogens is 1. The Bertz CT molecular complexity index is 750. The van der Waals surface area contributed by atoms with Crippen molar-refractivity contribution in [1.29, 1.82) is 0 Å². The summed E-state index contributed by atoms with van der Waals surface area (Å²) >= 11 is 0. The van der Waals surface area contributed by atoms with Crippen molar-refractivity contribution in [1.82, 2.24) is 10.2 Å². The Hall–Kier alpha value is -2.83. The second-order valence-electron chi connectivity index (χ2n) is 6.06. The van der Waals surface area contributed by atoms with Gasteiger partial charge in [-0.3, -0.25) is 9.89 Å². The van der Waals surface area contributed by atoms with Gasteiger partial charge in [0.2, 0.25) is 0 Å². The second kappa shape index (κ2) is 7.16. The number of nitrogens with zero attached hydrogens (tertiary/aromatic N) is 1. The molecule has 1 aromatic heterocycles. The van der Waals surface area contributed by atoms with Gasteiger partial charge in [0.1, 0.15) is 11.4 Å².